The van der Waals surface area contributed by atoms with Crippen LogP contribution in [0.25, 0.3) is 11.0 Å². The molecule has 3 rings (SSSR count). The first-order chi connectivity index (χ1) is 8.66. The fourth-order valence-electron chi connectivity index (χ4n) is 2.17. The van der Waals surface area contributed by atoms with Gasteiger partial charge in [0, 0.05) is 23.4 Å². The van der Waals surface area contributed by atoms with E-state index in [4.69, 9.17) is 0 Å². The van der Waals surface area contributed by atoms with E-state index in [1.807, 2.05) is 12.1 Å². The van der Waals surface area contributed by atoms with Crippen LogP contribution in [0.15, 0.2) is 29.0 Å². The van der Waals surface area contributed by atoms with E-state index in [1.165, 1.54) is 0 Å². The number of nitrogens with one attached hydrogen (secondary N) is 1. The Hall–Kier alpha value is -1.20. The van der Waals surface area contributed by atoms with E-state index in [0.29, 0.717) is 6.54 Å². The lowest BCUT2D eigenvalue weighted by molar-refractivity contribution is -0.0201. The minimum Gasteiger partial charge on any atom is -0.388 e. The summed E-state index contributed by atoms with van der Waals surface area (Å²) in [6.07, 6.45) is 6.38. The Kier molecular flexibility index (Phi) is 2.95. The van der Waals surface area contributed by atoms with E-state index in [2.05, 4.69) is 31.2 Å². The van der Waals surface area contributed by atoms with Gasteiger partial charge in [-0.25, -0.2) is 0 Å². The third-order valence-electron chi connectivity index (χ3n) is 3.44. The Labute approximate surface area is 114 Å². The van der Waals surface area contributed by atoms with E-state index in [0.717, 1.165) is 40.5 Å². The van der Waals surface area contributed by atoms with Crippen LogP contribution in [0.5, 0.6) is 0 Å². The molecule has 2 N–H and O–H groups in total. The summed E-state index contributed by atoms with van der Waals surface area (Å²) >= 11 is 3.39. The molecule has 18 heavy (non-hydrogen) atoms. The Morgan fingerprint density at radius 3 is 2.94 bits per heavy atom. The van der Waals surface area contributed by atoms with Crippen LogP contribution >= 0.6 is 15.9 Å². The lowest BCUT2D eigenvalue weighted by Crippen LogP contribution is -2.43. The predicted molar refractivity (Wildman–Crippen MR) is 74.5 cm³/mol. The van der Waals surface area contributed by atoms with E-state index in [-0.39, 0.29) is 0 Å². The molecule has 4 nitrogen and oxygen atoms in total. The number of anilines is 1. The van der Waals surface area contributed by atoms with Crippen molar-refractivity contribution in [1.29, 1.82) is 0 Å². The molecule has 1 saturated carbocycles. The Bertz CT molecular complexity index is 583. The maximum absolute atomic E-state index is 10.1. The number of halogens is 1. The lowest BCUT2D eigenvalue weighted by Gasteiger charge is -2.36. The molecular formula is C13H14BrN3O. The molecule has 5 heteroatoms. The number of pyridine rings is 2. The van der Waals surface area contributed by atoms with Crippen LogP contribution < -0.4 is 5.32 Å². The largest absolute Gasteiger partial charge is 0.388 e. The van der Waals surface area contributed by atoms with E-state index < -0.39 is 5.60 Å². The van der Waals surface area contributed by atoms with Crippen LogP contribution in [0.2, 0.25) is 0 Å². The Balaban J connectivity index is 1.87. The molecule has 0 spiro atoms. The highest BCUT2D eigenvalue weighted by Gasteiger charge is 2.34. The molecule has 1 fully saturated rings. The fourth-order valence-corrected chi connectivity index (χ4v) is 2.49. The average Bonchev–Trinajstić information content (AvgIpc) is 2.33. The van der Waals surface area contributed by atoms with Gasteiger partial charge in [0.05, 0.1) is 16.8 Å². The van der Waals surface area contributed by atoms with Crippen molar-refractivity contribution in [3.63, 3.8) is 0 Å². The highest BCUT2D eigenvalue weighted by Crippen LogP contribution is 2.32. The van der Waals surface area contributed by atoms with Gasteiger partial charge in [0.15, 0.2) is 0 Å². The number of hydrogen-bond acceptors (Lipinski definition) is 4. The first kappa shape index (κ1) is 11.9. The molecule has 0 saturated heterocycles. The molecule has 1 aliphatic rings. The molecule has 0 unspecified atom stereocenters. The monoisotopic (exact) mass is 307 g/mol. The summed E-state index contributed by atoms with van der Waals surface area (Å²) in [6, 6.07) is 3.83. The molecule has 1 aliphatic carbocycles. The summed E-state index contributed by atoms with van der Waals surface area (Å²) in [5, 5.41) is 13.4. The molecule has 0 amide bonds. The van der Waals surface area contributed by atoms with Crippen LogP contribution in [0.4, 0.5) is 5.69 Å². The van der Waals surface area contributed by atoms with Gasteiger partial charge in [0.2, 0.25) is 0 Å². The van der Waals surface area contributed by atoms with E-state index in [1.54, 1.807) is 12.4 Å². The van der Waals surface area contributed by atoms with Gasteiger partial charge in [0.1, 0.15) is 5.52 Å². The van der Waals surface area contributed by atoms with Crippen LogP contribution in [0.1, 0.15) is 19.3 Å². The number of fused-ring (bicyclic) bond motifs is 1. The van der Waals surface area contributed by atoms with Gasteiger partial charge in [0.25, 0.3) is 0 Å². The summed E-state index contributed by atoms with van der Waals surface area (Å²) in [5.74, 6) is 0. The summed E-state index contributed by atoms with van der Waals surface area (Å²) in [7, 11) is 0. The van der Waals surface area contributed by atoms with Crippen molar-refractivity contribution in [1.82, 2.24) is 9.97 Å². The van der Waals surface area contributed by atoms with Crippen molar-refractivity contribution in [2.24, 2.45) is 0 Å². The van der Waals surface area contributed by atoms with Gasteiger partial charge in [-0.2, -0.15) is 0 Å². The number of aliphatic hydroxyl groups is 1. The standard InChI is InChI=1S/C13H14BrN3O/c14-9-6-11-12(16-7-9)10(2-5-15-11)17-8-13(18)3-1-4-13/h2,5-7,18H,1,3-4,8H2,(H,15,17). The molecule has 2 aromatic rings. The minimum absolute atomic E-state index is 0.537. The number of nitrogens with zero attached hydrogens (tertiary/aromatic N) is 2. The van der Waals surface area contributed by atoms with Gasteiger partial charge in [-0.15, -0.1) is 0 Å². The quantitative estimate of drug-likeness (QED) is 0.915. The maximum atomic E-state index is 10.1. The first-order valence-corrected chi connectivity index (χ1v) is 6.82. The zero-order valence-corrected chi connectivity index (χ0v) is 11.4. The van der Waals surface area contributed by atoms with Crippen LogP contribution in [0.3, 0.4) is 0 Å². The second-order valence-electron chi connectivity index (χ2n) is 4.81. The molecular weight excluding hydrogens is 294 g/mol. The third kappa shape index (κ3) is 2.20. The van der Waals surface area contributed by atoms with E-state index >= 15 is 0 Å². The summed E-state index contributed by atoms with van der Waals surface area (Å²) in [5.41, 5.74) is 2.07. The minimum atomic E-state index is -0.537. The topological polar surface area (TPSA) is 58.0 Å². The smallest absolute Gasteiger partial charge is 0.112 e. The summed E-state index contributed by atoms with van der Waals surface area (Å²) in [4.78, 5) is 8.66. The van der Waals surface area contributed by atoms with Gasteiger partial charge in [-0.3, -0.25) is 9.97 Å². The number of hydrogen-bond donors (Lipinski definition) is 2. The van der Waals surface area contributed by atoms with Crippen LogP contribution in [0, 0.1) is 0 Å². The van der Waals surface area contributed by atoms with Crippen molar-refractivity contribution < 1.29 is 5.11 Å². The van der Waals surface area contributed by atoms with E-state index in [9.17, 15) is 5.11 Å². The normalized spacial score (nSPS) is 17.4. The second kappa shape index (κ2) is 4.48. The van der Waals surface area contributed by atoms with Crippen molar-refractivity contribution in [3.8, 4) is 0 Å². The number of aromatic nitrogens is 2. The zero-order chi connectivity index (χ0) is 12.6. The molecule has 0 aliphatic heterocycles. The van der Waals surface area contributed by atoms with Gasteiger partial charge in [-0.1, -0.05) is 0 Å². The predicted octanol–water partition coefficient (Wildman–Crippen LogP) is 2.72. The molecule has 2 heterocycles. The molecule has 0 bridgehead atoms. The Morgan fingerprint density at radius 1 is 1.39 bits per heavy atom. The van der Waals surface area contributed by atoms with Gasteiger partial charge in [-0.05, 0) is 47.3 Å². The summed E-state index contributed by atoms with van der Waals surface area (Å²) in [6.45, 7) is 0.573. The third-order valence-corrected chi connectivity index (χ3v) is 3.87. The SMILES string of the molecule is OC1(CNc2ccnc3cc(Br)cnc23)CCC1. The van der Waals surface area contributed by atoms with Crippen LogP contribution in [-0.4, -0.2) is 27.2 Å². The highest BCUT2D eigenvalue weighted by molar-refractivity contribution is 9.10. The fraction of sp³-hybridized carbons (Fsp3) is 0.385. The van der Waals surface area contributed by atoms with Crippen molar-refractivity contribution in [3.05, 3.63) is 29.0 Å². The van der Waals surface area contributed by atoms with Crippen molar-refractivity contribution >= 4 is 32.7 Å². The molecule has 2 aromatic heterocycles. The first-order valence-electron chi connectivity index (χ1n) is 6.03. The molecule has 0 radical (unpaired) electrons. The van der Waals surface area contributed by atoms with Crippen molar-refractivity contribution in [2.75, 3.05) is 11.9 Å². The molecule has 0 aromatic carbocycles. The molecule has 94 valence electrons. The average molecular weight is 308 g/mol. The summed E-state index contributed by atoms with van der Waals surface area (Å²) < 4.78 is 0.914. The molecule has 0 atom stereocenters. The van der Waals surface area contributed by atoms with Gasteiger partial charge >= 0.3 is 0 Å². The van der Waals surface area contributed by atoms with Crippen LogP contribution in [-0.2, 0) is 0 Å². The zero-order valence-electron chi connectivity index (χ0n) is 9.86. The second-order valence-corrected chi connectivity index (χ2v) is 5.73. The van der Waals surface area contributed by atoms with Crippen molar-refractivity contribution in [2.45, 2.75) is 24.9 Å². The lowest BCUT2D eigenvalue weighted by atomic mass is 9.80. The number of rotatable bonds is 3. The maximum Gasteiger partial charge on any atom is 0.112 e. The van der Waals surface area contributed by atoms with Gasteiger partial charge < -0.3 is 10.4 Å². The highest BCUT2D eigenvalue weighted by atomic mass is 79.9. The Morgan fingerprint density at radius 2 is 2.22 bits per heavy atom.